The third kappa shape index (κ3) is 5.82. The summed E-state index contributed by atoms with van der Waals surface area (Å²) < 4.78 is 0. The number of hydrogen-bond acceptors (Lipinski definition) is 8. The van der Waals surface area contributed by atoms with E-state index in [-0.39, 0.29) is 17.8 Å². The Kier molecular flexibility index (Phi) is 7.22. The average molecular weight is 549 g/mol. The number of allylic oxidation sites excluding steroid dienone is 1. The Labute approximate surface area is 238 Å². The molecule has 0 bridgehead atoms. The zero-order valence-corrected chi connectivity index (χ0v) is 23.0. The van der Waals surface area contributed by atoms with E-state index in [0.717, 1.165) is 48.6 Å². The first-order valence-electron chi connectivity index (χ1n) is 13.6. The van der Waals surface area contributed by atoms with Gasteiger partial charge in [0.15, 0.2) is 5.82 Å². The fourth-order valence-electron chi connectivity index (χ4n) is 4.98. The topological polar surface area (TPSA) is 122 Å². The number of nitrogens with zero attached hydrogens (tertiary/aromatic N) is 5. The molecule has 1 amide bonds. The molecule has 1 saturated heterocycles. The van der Waals surface area contributed by atoms with E-state index in [2.05, 4.69) is 47.4 Å². The van der Waals surface area contributed by atoms with Gasteiger partial charge in [-0.1, -0.05) is 30.3 Å². The molecule has 4 N–H and O–H groups in total. The van der Waals surface area contributed by atoms with Gasteiger partial charge in [-0.25, -0.2) is 9.98 Å². The lowest BCUT2D eigenvalue weighted by molar-refractivity contribution is 0.102. The Morgan fingerprint density at radius 2 is 1.83 bits per heavy atom. The lowest BCUT2D eigenvalue weighted by Crippen LogP contribution is -2.44. The number of piperazine rings is 1. The van der Waals surface area contributed by atoms with Crippen LogP contribution in [0.5, 0.6) is 5.88 Å². The number of amides is 1. The number of nitrogens with one attached hydrogen (secondary N) is 3. The van der Waals surface area contributed by atoms with Crippen molar-refractivity contribution < 1.29 is 9.90 Å². The van der Waals surface area contributed by atoms with E-state index in [1.165, 1.54) is 0 Å². The number of carbonyl (C=O) groups excluding carboxylic acids is 1. The number of benzene rings is 2. The van der Waals surface area contributed by atoms with Crippen molar-refractivity contribution in [3.05, 3.63) is 89.2 Å². The molecule has 1 atom stereocenters. The Bertz CT molecular complexity index is 1600. The number of anilines is 3. The smallest absolute Gasteiger partial charge is 0.255 e. The molecule has 0 spiro atoms. The van der Waals surface area contributed by atoms with Crippen molar-refractivity contribution in [2.75, 3.05) is 48.8 Å². The summed E-state index contributed by atoms with van der Waals surface area (Å²) in [5.74, 6) is 0.662. The fraction of sp³-hybridized carbons (Fsp3) is 0.226. The van der Waals surface area contributed by atoms with Crippen LogP contribution in [0.1, 0.15) is 40.1 Å². The predicted molar refractivity (Wildman–Crippen MR) is 163 cm³/mol. The number of rotatable bonds is 7. The number of pyridine rings is 1. The van der Waals surface area contributed by atoms with E-state index in [4.69, 9.17) is 0 Å². The monoisotopic (exact) mass is 548 g/mol. The fourth-order valence-corrected chi connectivity index (χ4v) is 4.98. The third-order valence-corrected chi connectivity index (χ3v) is 7.42. The van der Waals surface area contributed by atoms with Crippen molar-refractivity contribution in [3.8, 4) is 5.88 Å². The lowest BCUT2D eigenvalue weighted by Gasteiger charge is -2.34. The van der Waals surface area contributed by atoms with Crippen LogP contribution >= 0.6 is 0 Å². The molecule has 2 aromatic carbocycles. The molecule has 1 unspecified atom stereocenters. The summed E-state index contributed by atoms with van der Waals surface area (Å²) >= 11 is 0. The molecule has 6 rings (SSSR count). The largest absolute Gasteiger partial charge is 0.492 e. The highest BCUT2D eigenvalue weighted by atomic mass is 16.3. The lowest BCUT2D eigenvalue weighted by atomic mass is 10.1. The Balaban J connectivity index is 1.14. The van der Waals surface area contributed by atoms with Crippen molar-refractivity contribution in [1.29, 1.82) is 0 Å². The van der Waals surface area contributed by atoms with Crippen LogP contribution in [0.15, 0.2) is 71.9 Å². The number of aromatic hydroxyl groups is 1. The highest BCUT2D eigenvalue weighted by Gasteiger charge is 2.19. The second kappa shape index (κ2) is 11.3. The van der Waals surface area contributed by atoms with Gasteiger partial charge in [-0.05, 0) is 55.9 Å². The molecule has 10 nitrogen and oxygen atoms in total. The summed E-state index contributed by atoms with van der Waals surface area (Å²) in [6.45, 7) is 6.03. The molecule has 1 fully saturated rings. The van der Waals surface area contributed by atoms with E-state index in [1.807, 2.05) is 67.6 Å². The number of H-pyrrole nitrogens is 1. The second-order valence-electron chi connectivity index (χ2n) is 10.3. The summed E-state index contributed by atoms with van der Waals surface area (Å²) in [6.07, 6.45) is 5.04. The van der Waals surface area contributed by atoms with E-state index in [9.17, 15) is 9.90 Å². The van der Waals surface area contributed by atoms with E-state index < -0.39 is 0 Å². The molecule has 0 saturated carbocycles. The molecule has 2 aliphatic heterocycles. The van der Waals surface area contributed by atoms with Crippen molar-refractivity contribution in [2.24, 2.45) is 4.99 Å². The molecule has 208 valence electrons. The number of imidazole rings is 1. The van der Waals surface area contributed by atoms with Crippen LogP contribution < -0.4 is 15.5 Å². The maximum atomic E-state index is 13.0. The summed E-state index contributed by atoms with van der Waals surface area (Å²) in [7, 11) is 2.13. The summed E-state index contributed by atoms with van der Waals surface area (Å²) in [4.78, 5) is 33.8. The molecule has 0 radical (unpaired) electrons. The molecule has 0 aliphatic carbocycles. The van der Waals surface area contributed by atoms with Crippen LogP contribution in [0.25, 0.3) is 11.6 Å². The van der Waals surface area contributed by atoms with Crippen molar-refractivity contribution in [3.63, 3.8) is 0 Å². The number of likely N-dealkylation sites (N-methyl/N-ethyl adjacent to an activating group) is 1. The Morgan fingerprint density at radius 3 is 2.59 bits per heavy atom. The van der Waals surface area contributed by atoms with Gasteiger partial charge in [0, 0.05) is 54.8 Å². The minimum atomic E-state index is -0.212. The highest BCUT2D eigenvalue weighted by Crippen LogP contribution is 2.34. The minimum Gasteiger partial charge on any atom is -0.492 e. The van der Waals surface area contributed by atoms with Gasteiger partial charge in [-0.3, -0.25) is 4.79 Å². The minimum absolute atomic E-state index is 0.00520. The number of aliphatic imine (C=N–C) groups is 1. The van der Waals surface area contributed by atoms with Crippen LogP contribution in [0.3, 0.4) is 0 Å². The number of aromatic amines is 1. The maximum absolute atomic E-state index is 13.0. The van der Waals surface area contributed by atoms with E-state index in [1.54, 1.807) is 18.5 Å². The molecule has 2 aromatic heterocycles. The SMILES string of the molecule is CC(Nc1nc(O)c(C=C2C=Nc3ncc(NC(=O)c4ccc(N5CCN(C)CC5)cc4)cc32)[nH]1)c1ccccc1. The molecule has 4 heterocycles. The molecule has 10 heteroatoms. The number of fused-ring (bicyclic) bond motifs is 1. The summed E-state index contributed by atoms with van der Waals surface area (Å²) in [5.41, 5.74) is 5.28. The normalized spacial score (nSPS) is 16.5. The van der Waals surface area contributed by atoms with Crippen LogP contribution in [-0.4, -0.2) is 70.3 Å². The van der Waals surface area contributed by atoms with Gasteiger partial charge in [0.25, 0.3) is 5.91 Å². The van der Waals surface area contributed by atoms with Gasteiger partial charge in [-0.2, -0.15) is 4.98 Å². The third-order valence-electron chi connectivity index (χ3n) is 7.42. The molecule has 2 aliphatic rings. The molecule has 41 heavy (non-hydrogen) atoms. The molecule has 4 aromatic rings. The Morgan fingerprint density at radius 1 is 1.07 bits per heavy atom. The first-order valence-corrected chi connectivity index (χ1v) is 13.6. The zero-order chi connectivity index (χ0) is 28.3. The van der Waals surface area contributed by atoms with Crippen LogP contribution in [0, 0.1) is 0 Å². The first kappa shape index (κ1) is 26.3. The molecular formula is C31H32N8O2. The predicted octanol–water partition coefficient (Wildman–Crippen LogP) is 4.94. The van der Waals surface area contributed by atoms with Gasteiger partial charge in [0.1, 0.15) is 5.69 Å². The van der Waals surface area contributed by atoms with Crippen molar-refractivity contribution in [1.82, 2.24) is 19.9 Å². The van der Waals surface area contributed by atoms with Crippen LogP contribution in [0.2, 0.25) is 0 Å². The number of carbonyl (C=O) groups is 1. The van der Waals surface area contributed by atoms with E-state index in [0.29, 0.717) is 28.7 Å². The van der Waals surface area contributed by atoms with Gasteiger partial charge in [0.2, 0.25) is 11.8 Å². The van der Waals surface area contributed by atoms with Crippen molar-refractivity contribution >= 4 is 46.9 Å². The van der Waals surface area contributed by atoms with Gasteiger partial charge in [0.05, 0.1) is 17.9 Å². The van der Waals surface area contributed by atoms with Crippen LogP contribution in [-0.2, 0) is 0 Å². The van der Waals surface area contributed by atoms with E-state index >= 15 is 0 Å². The first-order chi connectivity index (χ1) is 19.9. The number of aromatic nitrogens is 3. The van der Waals surface area contributed by atoms with Gasteiger partial charge >= 0.3 is 0 Å². The summed E-state index contributed by atoms with van der Waals surface area (Å²) in [6, 6.07) is 19.5. The number of hydrogen-bond donors (Lipinski definition) is 4. The average Bonchev–Trinajstić information content (AvgIpc) is 3.55. The maximum Gasteiger partial charge on any atom is 0.255 e. The van der Waals surface area contributed by atoms with Gasteiger partial charge < -0.3 is 30.5 Å². The quantitative estimate of drug-likeness (QED) is 0.258. The van der Waals surface area contributed by atoms with Gasteiger partial charge in [-0.15, -0.1) is 0 Å². The Hall–Kier alpha value is -4.96. The zero-order valence-electron chi connectivity index (χ0n) is 23.0. The molecular weight excluding hydrogens is 516 g/mol. The van der Waals surface area contributed by atoms with Crippen molar-refractivity contribution in [2.45, 2.75) is 13.0 Å². The van der Waals surface area contributed by atoms with Crippen LogP contribution in [0.4, 0.5) is 23.1 Å². The highest BCUT2D eigenvalue weighted by molar-refractivity contribution is 6.21. The summed E-state index contributed by atoms with van der Waals surface area (Å²) in [5, 5.41) is 16.7. The second-order valence-corrected chi connectivity index (χ2v) is 10.3. The standard InChI is InChI=1S/C31H32N8O2/c1-20(21-6-4-3-5-7-21)34-31-36-27(30(41)37-31)16-23-18-32-28-26(23)17-24(19-33-28)35-29(40)22-8-10-25(11-9-22)39-14-12-38(2)13-15-39/h3-11,16-20,41H,12-15H2,1-2H3,(H,35,40)(H2,34,36,37).